The van der Waals surface area contributed by atoms with Gasteiger partial charge in [-0.15, -0.1) is 0 Å². The Kier molecular flexibility index (Phi) is 7.50. The molecule has 1 aliphatic rings. The molecule has 2 aromatic carbocycles. The number of amidine groups is 1. The van der Waals surface area contributed by atoms with Gasteiger partial charge in [0.1, 0.15) is 12.4 Å². The number of ether oxygens (including phenoxy) is 1. The van der Waals surface area contributed by atoms with Crippen molar-refractivity contribution in [3.05, 3.63) is 65.7 Å². The fourth-order valence-electron chi connectivity index (χ4n) is 3.46. The quantitative estimate of drug-likeness (QED) is 0.406. The molecule has 0 heterocycles. The van der Waals surface area contributed by atoms with Crippen LogP contribution in [0, 0.1) is 5.92 Å². The molecular weight excluding hydrogens is 366 g/mol. The van der Waals surface area contributed by atoms with Crippen LogP contribution < -0.4 is 15.8 Å². The maximum Gasteiger partial charge on any atom is 0.261 e. The zero-order valence-corrected chi connectivity index (χ0v) is 16.8. The van der Waals surface area contributed by atoms with Gasteiger partial charge in [0.25, 0.3) is 5.91 Å². The first-order valence-corrected chi connectivity index (χ1v) is 10.1. The molecule has 154 valence electrons. The molecule has 2 unspecified atom stereocenters. The van der Waals surface area contributed by atoms with Crippen molar-refractivity contribution in [2.45, 2.75) is 45.3 Å². The zero-order valence-electron chi connectivity index (χ0n) is 16.8. The largest absolute Gasteiger partial charge is 0.489 e. The van der Waals surface area contributed by atoms with Crippen molar-refractivity contribution >= 4 is 11.7 Å². The van der Waals surface area contributed by atoms with Crippen LogP contribution in [-0.4, -0.2) is 24.4 Å². The van der Waals surface area contributed by atoms with E-state index in [0.717, 1.165) is 30.6 Å². The molecule has 0 radical (unpaired) electrons. The molecule has 0 saturated heterocycles. The maximum atomic E-state index is 12.0. The lowest BCUT2D eigenvalue weighted by Crippen LogP contribution is -2.42. The normalized spacial score (nSPS) is 19.4. The van der Waals surface area contributed by atoms with Crippen LogP contribution in [-0.2, 0) is 16.2 Å². The van der Waals surface area contributed by atoms with E-state index in [0.29, 0.717) is 18.1 Å². The molecule has 1 fully saturated rings. The first kappa shape index (κ1) is 20.7. The molecule has 0 aromatic heterocycles. The molecule has 3 rings (SSSR count). The second-order valence-corrected chi connectivity index (χ2v) is 7.48. The van der Waals surface area contributed by atoms with Crippen LogP contribution in [0.1, 0.15) is 43.7 Å². The number of amides is 1. The third-order valence-corrected chi connectivity index (χ3v) is 5.21. The summed E-state index contributed by atoms with van der Waals surface area (Å²) in [7, 11) is 0. The highest BCUT2D eigenvalue weighted by atomic mass is 16.6. The Morgan fingerprint density at radius 1 is 1.10 bits per heavy atom. The maximum absolute atomic E-state index is 12.0. The van der Waals surface area contributed by atoms with E-state index in [1.807, 2.05) is 54.6 Å². The summed E-state index contributed by atoms with van der Waals surface area (Å²) < 4.78 is 5.76. The Labute approximate surface area is 172 Å². The van der Waals surface area contributed by atoms with Crippen molar-refractivity contribution in [3.8, 4) is 5.75 Å². The number of nitrogens with two attached hydrogens (primary N) is 1. The molecule has 29 heavy (non-hydrogen) atoms. The van der Waals surface area contributed by atoms with Crippen molar-refractivity contribution in [1.29, 1.82) is 0 Å². The average molecular weight is 396 g/mol. The average Bonchev–Trinajstić information content (AvgIpc) is 2.75. The minimum Gasteiger partial charge on any atom is -0.489 e. The smallest absolute Gasteiger partial charge is 0.261 e. The minimum atomic E-state index is -0.162. The lowest BCUT2D eigenvalue weighted by molar-refractivity contribution is -0.126. The van der Waals surface area contributed by atoms with Gasteiger partial charge < -0.3 is 20.6 Å². The third-order valence-electron chi connectivity index (χ3n) is 5.21. The first-order valence-electron chi connectivity index (χ1n) is 10.1. The SMILES string of the molecule is CC1CCCCC1NC(=O)CO/N=C(\N)c1ccc(OCc2ccccc2)cc1. The van der Waals surface area contributed by atoms with Gasteiger partial charge in [0.15, 0.2) is 12.4 Å². The van der Waals surface area contributed by atoms with Crippen LogP contribution in [0.5, 0.6) is 5.75 Å². The molecule has 2 atom stereocenters. The van der Waals surface area contributed by atoms with E-state index in [9.17, 15) is 4.79 Å². The second-order valence-electron chi connectivity index (χ2n) is 7.48. The molecule has 6 heteroatoms. The van der Waals surface area contributed by atoms with Gasteiger partial charge >= 0.3 is 0 Å². The molecule has 0 spiro atoms. The van der Waals surface area contributed by atoms with Gasteiger partial charge in [-0.05, 0) is 48.6 Å². The zero-order chi connectivity index (χ0) is 20.5. The number of benzene rings is 2. The van der Waals surface area contributed by atoms with Gasteiger partial charge in [0.05, 0.1) is 0 Å². The van der Waals surface area contributed by atoms with E-state index in [4.69, 9.17) is 15.3 Å². The van der Waals surface area contributed by atoms with E-state index in [1.165, 1.54) is 6.42 Å². The van der Waals surface area contributed by atoms with Crippen LogP contribution in [0.15, 0.2) is 59.8 Å². The monoisotopic (exact) mass is 395 g/mol. The number of nitrogens with zero attached hydrogens (tertiary/aromatic N) is 1. The van der Waals surface area contributed by atoms with Gasteiger partial charge in [-0.2, -0.15) is 0 Å². The molecule has 1 amide bonds. The number of carbonyl (C=O) groups excluding carboxylic acids is 1. The van der Waals surface area contributed by atoms with Gasteiger partial charge in [-0.3, -0.25) is 4.79 Å². The second kappa shape index (κ2) is 10.5. The molecule has 0 aliphatic heterocycles. The molecule has 6 nitrogen and oxygen atoms in total. The fraction of sp³-hybridized carbons (Fsp3) is 0.391. The van der Waals surface area contributed by atoms with Crippen LogP contribution in [0.25, 0.3) is 0 Å². The number of nitrogens with one attached hydrogen (secondary N) is 1. The van der Waals surface area contributed by atoms with Crippen molar-refractivity contribution in [2.24, 2.45) is 16.8 Å². The lowest BCUT2D eigenvalue weighted by atomic mass is 9.86. The molecule has 2 aromatic rings. The summed E-state index contributed by atoms with van der Waals surface area (Å²) >= 11 is 0. The van der Waals surface area contributed by atoms with Gasteiger partial charge in [-0.1, -0.05) is 55.3 Å². The van der Waals surface area contributed by atoms with Crippen molar-refractivity contribution < 1.29 is 14.4 Å². The summed E-state index contributed by atoms with van der Waals surface area (Å²) in [5, 5.41) is 6.89. The van der Waals surface area contributed by atoms with Gasteiger partial charge in [0, 0.05) is 11.6 Å². The molecule has 0 bridgehead atoms. The number of rotatable bonds is 8. The van der Waals surface area contributed by atoms with Gasteiger partial charge in [-0.25, -0.2) is 0 Å². The topological polar surface area (TPSA) is 85.9 Å². The van der Waals surface area contributed by atoms with E-state index >= 15 is 0 Å². The van der Waals surface area contributed by atoms with Crippen LogP contribution in [0.4, 0.5) is 0 Å². The number of oxime groups is 1. The van der Waals surface area contributed by atoms with Crippen LogP contribution >= 0.6 is 0 Å². The Morgan fingerprint density at radius 3 is 2.55 bits per heavy atom. The standard InChI is InChI=1S/C23H29N3O3/c1-17-7-5-6-10-21(17)25-22(27)16-29-26-23(24)19-11-13-20(14-12-19)28-15-18-8-3-2-4-9-18/h2-4,8-9,11-14,17,21H,5-7,10,15-16H2,1H3,(H2,24,26)(H,25,27). The Bertz CT molecular complexity index is 806. The van der Waals surface area contributed by atoms with Crippen molar-refractivity contribution in [3.63, 3.8) is 0 Å². The summed E-state index contributed by atoms with van der Waals surface area (Å²) in [6.45, 7) is 2.54. The number of carbonyl (C=O) groups is 1. The van der Waals surface area contributed by atoms with E-state index in [2.05, 4.69) is 17.4 Å². The highest BCUT2D eigenvalue weighted by Gasteiger charge is 2.22. The lowest BCUT2D eigenvalue weighted by Gasteiger charge is -2.29. The van der Waals surface area contributed by atoms with Crippen LogP contribution in [0.3, 0.4) is 0 Å². The molecule has 1 saturated carbocycles. The van der Waals surface area contributed by atoms with Crippen molar-refractivity contribution in [1.82, 2.24) is 5.32 Å². The van der Waals surface area contributed by atoms with E-state index in [-0.39, 0.29) is 24.4 Å². The number of hydrogen-bond acceptors (Lipinski definition) is 4. The summed E-state index contributed by atoms with van der Waals surface area (Å²) in [5.74, 6) is 1.31. The molecular formula is C23H29N3O3. The predicted octanol–water partition coefficient (Wildman–Crippen LogP) is 3.60. The highest BCUT2D eigenvalue weighted by molar-refractivity contribution is 5.97. The number of hydrogen-bond donors (Lipinski definition) is 2. The van der Waals surface area contributed by atoms with Gasteiger partial charge in [0.2, 0.25) is 0 Å². The Hall–Kier alpha value is -3.02. The Balaban J connectivity index is 1.43. The van der Waals surface area contributed by atoms with E-state index in [1.54, 1.807) is 0 Å². The summed E-state index contributed by atoms with van der Waals surface area (Å²) in [6.07, 6.45) is 4.58. The van der Waals surface area contributed by atoms with E-state index < -0.39 is 0 Å². The molecule has 1 aliphatic carbocycles. The fourth-order valence-corrected chi connectivity index (χ4v) is 3.46. The van der Waals surface area contributed by atoms with Crippen LogP contribution in [0.2, 0.25) is 0 Å². The molecule has 3 N–H and O–H groups in total. The third kappa shape index (κ3) is 6.52. The Morgan fingerprint density at radius 2 is 1.83 bits per heavy atom. The summed E-state index contributed by atoms with van der Waals surface area (Å²) in [4.78, 5) is 17.2. The highest BCUT2D eigenvalue weighted by Crippen LogP contribution is 2.23. The summed E-state index contributed by atoms with van der Waals surface area (Å²) in [5.41, 5.74) is 7.77. The first-order chi connectivity index (χ1) is 14.1. The minimum absolute atomic E-state index is 0.137. The summed E-state index contributed by atoms with van der Waals surface area (Å²) in [6, 6.07) is 17.5. The predicted molar refractivity (Wildman–Crippen MR) is 113 cm³/mol. The van der Waals surface area contributed by atoms with Crippen molar-refractivity contribution in [2.75, 3.05) is 6.61 Å².